The Morgan fingerprint density at radius 3 is 2.33 bits per heavy atom. The summed E-state index contributed by atoms with van der Waals surface area (Å²) in [5.41, 5.74) is -0.789. The minimum absolute atomic E-state index is 0.0655. The molecule has 0 saturated carbocycles. The van der Waals surface area contributed by atoms with E-state index in [4.69, 9.17) is 27.9 Å². The van der Waals surface area contributed by atoms with E-state index in [1.807, 2.05) is 0 Å². The van der Waals surface area contributed by atoms with Crippen LogP contribution in [0.2, 0.25) is 10.0 Å². The van der Waals surface area contributed by atoms with Gasteiger partial charge in [-0.15, -0.1) is 0 Å². The number of hydrogen-bond acceptors (Lipinski definition) is 3. The molecule has 1 aliphatic heterocycles. The van der Waals surface area contributed by atoms with Gasteiger partial charge in [-0.25, -0.2) is 13.6 Å². The molecule has 0 saturated heterocycles. The first-order chi connectivity index (χ1) is 11.2. The normalized spacial score (nSPS) is 20.5. The summed E-state index contributed by atoms with van der Waals surface area (Å²) in [5, 5.41) is 10.5. The average Bonchev–Trinajstić information content (AvgIpc) is 2.74. The number of cyclic esters (lactones) is 1. The van der Waals surface area contributed by atoms with Crippen molar-refractivity contribution in [2.24, 2.45) is 0 Å². The van der Waals surface area contributed by atoms with Crippen LogP contribution in [0.15, 0.2) is 36.4 Å². The number of halogens is 4. The zero-order valence-electron chi connectivity index (χ0n) is 12.2. The van der Waals surface area contributed by atoms with Crippen LogP contribution in [0.3, 0.4) is 0 Å². The summed E-state index contributed by atoms with van der Waals surface area (Å²) in [6.45, 7) is 1.21. The molecule has 1 N–H and O–H groups in total. The van der Waals surface area contributed by atoms with Gasteiger partial charge in [0.1, 0.15) is 5.82 Å². The number of ether oxygens (including phenoxy) is 1. The van der Waals surface area contributed by atoms with Crippen LogP contribution in [0.25, 0.3) is 11.1 Å². The molecule has 124 valence electrons. The Balaban J connectivity index is 2.36. The fourth-order valence-corrected chi connectivity index (χ4v) is 2.91. The lowest BCUT2D eigenvalue weighted by molar-refractivity contribution is -0.169. The maximum absolute atomic E-state index is 14.4. The first-order valence-electron chi connectivity index (χ1n) is 6.82. The summed E-state index contributed by atoms with van der Waals surface area (Å²) < 4.78 is 33.5. The zero-order chi connectivity index (χ0) is 17.6. The van der Waals surface area contributed by atoms with Crippen LogP contribution in [0.1, 0.15) is 18.1 Å². The van der Waals surface area contributed by atoms with Crippen LogP contribution in [0.4, 0.5) is 8.78 Å². The quantitative estimate of drug-likeness (QED) is 0.627. The van der Waals surface area contributed by atoms with Crippen molar-refractivity contribution in [1.82, 2.24) is 0 Å². The van der Waals surface area contributed by atoms with Gasteiger partial charge in [0.15, 0.2) is 5.82 Å². The molecule has 7 heteroatoms. The molecule has 0 spiro atoms. The second kappa shape index (κ2) is 5.84. The highest BCUT2D eigenvalue weighted by Crippen LogP contribution is 2.44. The highest BCUT2D eigenvalue weighted by molar-refractivity contribution is 6.33. The first-order valence-corrected chi connectivity index (χ1v) is 7.58. The van der Waals surface area contributed by atoms with E-state index < -0.39 is 34.5 Å². The molecule has 1 atom stereocenters. The molecule has 1 aliphatic rings. The molecule has 0 aromatic heterocycles. The Labute approximate surface area is 146 Å². The number of rotatable bonds is 2. The summed E-state index contributed by atoms with van der Waals surface area (Å²) in [6, 6.07) is 8.03. The lowest BCUT2D eigenvalue weighted by Gasteiger charge is -2.20. The van der Waals surface area contributed by atoms with Crippen LogP contribution in [0.5, 0.6) is 0 Å². The van der Waals surface area contributed by atoms with Gasteiger partial charge in [0, 0.05) is 17.5 Å². The van der Waals surface area contributed by atoms with E-state index in [2.05, 4.69) is 0 Å². The van der Waals surface area contributed by atoms with Gasteiger partial charge in [-0.1, -0.05) is 35.3 Å². The average molecular weight is 371 g/mol. The van der Waals surface area contributed by atoms with Crippen LogP contribution in [-0.2, 0) is 9.53 Å². The lowest BCUT2D eigenvalue weighted by Crippen LogP contribution is -2.26. The van der Waals surface area contributed by atoms with Gasteiger partial charge in [-0.05, 0) is 29.8 Å². The number of hydrogen-bond donors (Lipinski definition) is 1. The molecule has 1 heterocycles. The number of esters is 1. The van der Waals surface area contributed by atoms with Gasteiger partial charge < -0.3 is 9.84 Å². The smallest absolute Gasteiger partial charge is 0.342 e. The molecule has 0 radical (unpaired) electrons. The maximum atomic E-state index is 14.4. The summed E-state index contributed by atoms with van der Waals surface area (Å²) in [7, 11) is 0. The van der Waals surface area contributed by atoms with Crippen molar-refractivity contribution >= 4 is 40.3 Å². The minimum Gasteiger partial charge on any atom is -0.425 e. The molecule has 3 rings (SSSR count). The van der Waals surface area contributed by atoms with E-state index >= 15 is 0 Å². The number of carbonyl (C=O) groups is 1. The monoisotopic (exact) mass is 370 g/mol. The second-order valence-corrected chi connectivity index (χ2v) is 6.19. The molecule has 1 unspecified atom stereocenters. The Morgan fingerprint density at radius 1 is 1.08 bits per heavy atom. The molecule has 2 aromatic rings. The second-order valence-electron chi connectivity index (χ2n) is 5.35. The highest BCUT2D eigenvalue weighted by atomic mass is 35.5. The summed E-state index contributed by atoms with van der Waals surface area (Å²) in [6.07, 6.45) is 0. The molecular formula is C17H10Cl2F2O3. The lowest BCUT2D eigenvalue weighted by atomic mass is 9.91. The molecule has 0 bridgehead atoms. The fraction of sp³-hybridized carbons (Fsp3) is 0.118. The Bertz CT molecular complexity index is 874. The number of carbonyl (C=O) groups excluding carboxylic acids is 1. The Hall–Kier alpha value is -1.95. The molecular weight excluding hydrogens is 361 g/mol. The topological polar surface area (TPSA) is 46.5 Å². The van der Waals surface area contributed by atoms with Crippen LogP contribution < -0.4 is 0 Å². The molecule has 0 fully saturated rings. The summed E-state index contributed by atoms with van der Waals surface area (Å²) in [4.78, 5) is 12.2. The van der Waals surface area contributed by atoms with Crippen LogP contribution in [-0.4, -0.2) is 16.9 Å². The van der Waals surface area contributed by atoms with Gasteiger partial charge in [0.25, 0.3) is 0 Å². The van der Waals surface area contributed by atoms with Crippen molar-refractivity contribution in [3.05, 3.63) is 69.2 Å². The third-order valence-corrected chi connectivity index (χ3v) is 4.18. The van der Waals surface area contributed by atoms with Gasteiger partial charge in [-0.3, -0.25) is 0 Å². The third-order valence-electron chi connectivity index (χ3n) is 3.64. The third kappa shape index (κ3) is 2.69. The van der Waals surface area contributed by atoms with E-state index in [1.54, 1.807) is 0 Å². The Morgan fingerprint density at radius 2 is 1.71 bits per heavy atom. The molecule has 3 nitrogen and oxygen atoms in total. The van der Waals surface area contributed by atoms with Crippen molar-refractivity contribution in [3.8, 4) is 0 Å². The van der Waals surface area contributed by atoms with Crippen LogP contribution in [0, 0.1) is 11.6 Å². The SMILES string of the molecule is CC1(O)OC(=O)C(c2c(F)ccc(Cl)c2F)=C1c1ccc(Cl)cc1. The van der Waals surface area contributed by atoms with Crippen molar-refractivity contribution in [3.63, 3.8) is 0 Å². The van der Waals surface area contributed by atoms with E-state index in [0.29, 0.717) is 10.6 Å². The van der Waals surface area contributed by atoms with Crippen molar-refractivity contribution in [1.29, 1.82) is 0 Å². The van der Waals surface area contributed by atoms with E-state index in [9.17, 15) is 18.7 Å². The molecule has 0 aliphatic carbocycles. The Kier molecular flexibility index (Phi) is 4.11. The fourth-order valence-electron chi connectivity index (χ4n) is 2.63. The first kappa shape index (κ1) is 16.9. The number of aliphatic hydroxyl groups is 1. The van der Waals surface area contributed by atoms with Crippen molar-refractivity contribution in [2.45, 2.75) is 12.7 Å². The molecule has 2 aromatic carbocycles. The predicted molar refractivity (Wildman–Crippen MR) is 86.3 cm³/mol. The van der Waals surface area contributed by atoms with Crippen molar-refractivity contribution < 1.29 is 23.4 Å². The van der Waals surface area contributed by atoms with Gasteiger partial charge in [0.2, 0.25) is 5.79 Å². The molecule has 0 amide bonds. The highest BCUT2D eigenvalue weighted by Gasteiger charge is 2.45. The summed E-state index contributed by atoms with van der Waals surface area (Å²) in [5.74, 6) is -5.20. The van der Waals surface area contributed by atoms with E-state index in [0.717, 1.165) is 12.1 Å². The maximum Gasteiger partial charge on any atom is 0.342 e. The number of benzene rings is 2. The van der Waals surface area contributed by atoms with Gasteiger partial charge in [-0.2, -0.15) is 0 Å². The minimum atomic E-state index is -2.05. The predicted octanol–water partition coefficient (Wildman–Crippen LogP) is 4.45. The molecule has 24 heavy (non-hydrogen) atoms. The largest absolute Gasteiger partial charge is 0.425 e. The van der Waals surface area contributed by atoms with Gasteiger partial charge in [0.05, 0.1) is 16.2 Å². The zero-order valence-corrected chi connectivity index (χ0v) is 13.8. The van der Waals surface area contributed by atoms with E-state index in [1.165, 1.54) is 31.2 Å². The van der Waals surface area contributed by atoms with Gasteiger partial charge >= 0.3 is 5.97 Å². The van der Waals surface area contributed by atoms with Crippen LogP contribution >= 0.6 is 23.2 Å². The van der Waals surface area contributed by atoms with E-state index in [-0.39, 0.29) is 10.6 Å². The standard InChI is InChI=1S/C17H10Cl2F2O3/c1-17(23)14(8-2-4-9(18)5-3-8)13(16(22)24-17)12-11(20)7-6-10(19)15(12)21/h2-7,23H,1H3. The van der Waals surface area contributed by atoms with Crippen molar-refractivity contribution in [2.75, 3.05) is 0 Å². The summed E-state index contributed by atoms with van der Waals surface area (Å²) >= 11 is 11.5.